The summed E-state index contributed by atoms with van der Waals surface area (Å²) in [6.07, 6.45) is 1.02. The third-order valence-electron chi connectivity index (χ3n) is 2.75. The van der Waals surface area contributed by atoms with Crippen LogP contribution in [0.5, 0.6) is 5.75 Å². The van der Waals surface area contributed by atoms with Crippen molar-refractivity contribution in [2.75, 3.05) is 5.32 Å². The molecule has 106 valence electrons. The lowest BCUT2D eigenvalue weighted by atomic mass is 10.1. The Balaban J connectivity index is 2.04. The number of thiazole rings is 1. The molecule has 1 aromatic heterocycles. The summed E-state index contributed by atoms with van der Waals surface area (Å²) >= 11 is 7.47. The van der Waals surface area contributed by atoms with Crippen molar-refractivity contribution in [2.24, 2.45) is 0 Å². The highest BCUT2D eigenvalue weighted by Crippen LogP contribution is 2.26. The van der Waals surface area contributed by atoms with Gasteiger partial charge in [-0.15, -0.1) is 11.3 Å². The minimum absolute atomic E-state index is 0.231. The maximum Gasteiger partial charge on any atom is 0.266 e. The molecule has 2 rings (SSSR count). The lowest BCUT2D eigenvalue weighted by Gasteiger charge is -2.15. The van der Waals surface area contributed by atoms with Gasteiger partial charge in [0.15, 0.2) is 11.2 Å². The highest BCUT2D eigenvalue weighted by atomic mass is 35.5. The predicted molar refractivity (Wildman–Crippen MR) is 81.8 cm³/mol. The molecule has 1 unspecified atom stereocenters. The topological polar surface area (TPSA) is 51.2 Å². The first-order chi connectivity index (χ1) is 9.47. The molecule has 0 saturated carbocycles. The number of nitrogens with one attached hydrogen (secondary N) is 1. The second-order valence-electron chi connectivity index (χ2n) is 4.46. The van der Waals surface area contributed by atoms with Crippen LogP contribution in [0.15, 0.2) is 23.7 Å². The van der Waals surface area contributed by atoms with E-state index in [0.29, 0.717) is 10.9 Å². The zero-order chi connectivity index (χ0) is 14.7. The third-order valence-corrected chi connectivity index (χ3v) is 4.04. The number of amides is 1. The number of ether oxygens (including phenoxy) is 1. The van der Waals surface area contributed by atoms with Crippen LogP contribution in [-0.4, -0.2) is 17.0 Å². The molecule has 1 heterocycles. The predicted octanol–water partition coefficient (Wildman–Crippen LogP) is 3.82. The van der Waals surface area contributed by atoms with E-state index in [1.54, 1.807) is 18.5 Å². The number of aryl methyl sites for hydroxylation is 2. The molecule has 2 aromatic rings. The van der Waals surface area contributed by atoms with E-state index in [9.17, 15) is 4.79 Å². The maximum absolute atomic E-state index is 12.0. The van der Waals surface area contributed by atoms with Crippen molar-refractivity contribution in [3.63, 3.8) is 0 Å². The van der Waals surface area contributed by atoms with E-state index < -0.39 is 6.10 Å². The fourth-order valence-corrected chi connectivity index (χ4v) is 2.37. The minimum Gasteiger partial charge on any atom is -0.481 e. The number of aromatic nitrogens is 1. The lowest BCUT2D eigenvalue weighted by Crippen LogP contribution is -2.30. The molecule has 0 saturated heterocycles. The van der Waals surface area contributed by atoms with E-state index in [4.69, 9.17) is 16.3 Å². The largest absolute Gasteiger partial charge is 0.481 e. The molecule has 1 amide bonds. The molecule has 0 aliphatic carbocycles. The minimum atomic E-state index is -0.612. The Morgan fingerprint density at radius 2 is 2.05 bits per heavy atom. The van der Waals surface area contributed by atoms with Crippen LogP contribution in [0.25, 0.3) is 0 Å². The molecule has 6 heteroatoms. The van der Waals surface area contributed by atoms with Crippen molar-refractivity contribution in [1.82, 2.24) is 4.98 Å². The van der Waals surface area contributed by atoms with E-state index in [1.165, 1.54) is 11.3 Å². The average Bonchev–Trinajstić information content (AvgIpc) is 2.88. The van der Waals surface area contributed by atoms with Gasteiger partial charge in [-0.25, -0.2) is 4.98 Å². The smallest absolute Gasteiger partial charge is 0.266 e. The number of carbonyl (C=O) groups excluding carboxylic acids is 1. The summed E-state index contributed by atoms with van der Waals surface area (Å²) in [4.78, 5) is 16.0. The number of hydrogen-bond donors (Lipinski definition) is 1. The standard InChI is InChI=1S/C14H15ClN2O2S/c1-8-6-11(7-9(2)12(8)15)19-10(3)13(18)17-14-16-4-5-20-14/h4-7,10H,1-3H3,(H,16,17,18). The maximum atomic E-state index is 12.0. The summed E-state index contributed by atoms with van der Waals surface area (Å²) in [6.45, 7) is 5.51. The number of halogens is 1. The van der Waals surface area contributed by atoms with Crippen molar-refractivity contribution in [1.29, 1.82) is 0 Å². The molecule has 4 nitrogen and oxygen atoms in total. The van der Waals surface area contributed by atoms with Gasteiger partial charge in [-0.2, -0.15) is 0 Å². The van der Waals surface area contributed by atoms with Gasteiger partial charge in [-0.05, 0) is 44.0 Å². The summed E-state index contributed by atoms with van der Waals surface area (Å²) in [5, 5.41) is 5.78. The van der Waals surface area contributed by atoms with Crippen molar-refractivity contribution in [2.45, 2.75) is 26.9 Å². The quantitative estimate of drug-likeness (QED) is 0.934. The van der Waals surface area contributed by atoms with E-state index in [-0.39, 0.29) is 5.91 Å². The summed E-state index contributed by atoms with van der Waals surface area (Å²) in [6, 6.07) is 3.64. The number of carbonyl (C=O) groups is 1. The first-order valence-corrected chi connectivity index (χ1v) is 7.37. The van der Waals surface area contributed by atoms with E-state index in [2.05, 4.69) is 10.3 Å². The van der Waals surface area contributed by atoms with Gasteiger partial charge in [-0.3, -0.25) is 10.1 Å². The number of benzene rings is 1. The number of nitrogens with zero attached hydrogens (tertiary/aromatic N) is 1. The van der Waals surface area contributed by atoms with Crippen LogP contribution in [0, 0.1) is 13.8 Å². The Bertz CT molecular complexity index is 591. The normalized spacial score (nSPS) is 12.0. The Hall–Kier alpha value is -1.59. The third kappa shape index (κ3) is 3.49. The summed E-state index contributed by atoms with van der Waals surface area (Å²) < 4.78 is 5.65. The number of rotatable bonds is 4. The molecule has 0 aliphatic rings. The van der Waals surface area contributed by atoms with Crippen molar-refractivity contribution in [3.8, 4) is 5.75 Å². The van der Waals surface area contributed by atoms with Crippen molar-refractivity contribution in [3.05, 3.63) is 39.9 Å². The molecule has 1 aromatic carbocycles. The summed E-state index contributed by atoms with van der Waals surface area (Å²) in [7, 11) is 0. The summed E-state index contributed by atoms with van der Waals surface area (Å²) in [5.41, 5.74) is 1.85. The van der Waals surface area contributed by atoms with Gasteiger partial charge in [0.25, 0.3) is 5.91 Å². The lowest BCUT2D eigenvalue weighted by molar-refractivity contribution is -0.122. The summed E-state index contributed by atoms with van der Waals surface area (Å²) in [5.74, 6) is 0.399. The van der Waals surface area contributed by atoms with E-state index in [0.717, 1.165) is 16.1 Å². The van der Waals surface area contributed by atoms with Crippen LogP contribution < -0.4 is 10.1 Å². The molecular formula is C14H15ClN2O2S. The van der Waals surface area contributed by atoms with Crippen LogP contribution in [-0.2, 0) is 4.79 Å². The van der Waals surface area contributed by atoms with Gasteiger partial charge >= 0.3 is 0 Å². The molecule has 0 radical (unpaired) electrons. The van der Waals surface area contributed by atoms with Crippen LogP contribution in [0.2, 0.25) is 5.02 Å². The fraction of sp³-hybridized carbons (Fsp3) is 0.286. The number of anilines is 1. The van der Waals surface area contributed by atoms with Gasteiger partial charge < -0.3 is 4.74 Å². The highest BCUT2D eigenvalue weighted by molar-refractivity contribution is 7.13. The zero-order valence-corrected chi connectivity index (χ0v) is 13.0. The Kier molecular flexibility index (Phi) is 4.62. The van der Waals surface area contributed by atoms with Gasteiger partial charge in [-0.1, -0.05) is 11.6 Å². The molecule has 0 fully saturated rings. The van der Waals surface area contributed by atoms with Crippen molar-refractivity contribution >= 4 is 34.0 Å². The molecule has 0 bridgehead atoms. The van der Waals surface area contributed by atoms with Gasteiger partial charge in [0.2, 0.25) is 0 Å². The Morgan fingerprint density at radius 1 is 1.40 bits per heavy atom. The van der Waals surface area contributed by atoms with Crippen LogP contribution in [0.1, 0.15) is 18.1 Å². The monoisotopic (exact) mass is 310 g/mol. The van der Waals surface area contributed by atoms with Crippen LogP contribution in [0.3, 0.4) is 0 Å². The first kappa shape index (κ1) is 14.8. The Labute approximate surface area is 126 Å². The number of hydrogen-bond acceptors (Lipinski definition) is 4. The highest BCUT2D eigenvalue weighted by Gasteiger charge is 2.16. The molecule has 0 aliphatic heterocycles. The molecule has 1 atom stereocenters. The first-order valence-electron chi connectivity index (χ1n) is 6.11. The average molecular weight is 311 g/mol. The molecule has 20 heavy (non-hydrogen) atoms. The molecule has 1 N–H and O–H groups in total. The zero-order valence-electron chi connectivity index (χ0n) is 11.4. The van der Waals surface area contributed by atoms with Crippen molar-refractivity contribution < 1.29 is 9.53 Å². The second-order valence-corrected chi connectivity index (χ2v) is 5.73. The van der Waals surface area contributed by atoms with Crippen LogP contribution in [0.4, 0.5) is 5.13 Å². The SMILES string of the molecule is Cc1cc(OC(C)C(=O)Nc2nccs2)cc(C)c1Cl. The van der Waals surface area contributed by atoms with E-state index >= 15 is 0 Å². The van der Waals surface area contributed by atoms with E-state index in [1.807, 2.05) is 26.0 Å². The fourth-order valence-electron chi connectivity index (χ4n) is 1.72. The van der Waals surface area contributed by atoms with Gasteiger partial charge in [0.05, 0.1) is 0 Å². The molecule has 0 spiro atoms. The van der Waals surface area contributed by atoms with Crippen LogP contribution >= 0.6 is 22.9 Å². The Morgan fingerprint density at radius 3 is 2.60 bits per heavy atom. The second kappa shape index (κ2) is 6.24. The molecular weight excluding hydrogens is 296 g/mol. The van der Waals surface area contributed by atoms with Gasteiger partial charge in [0.1, 0.15) is 5.75 Å². The van der Waals surface area contributed by atoms with Gasteiger partial charge in [0, 0.05) is 16.6 Å².